The lowest BCUT2D eigenvalue weighted by atomic mass is 10.1. The SMILES string of the molecule is CCCOc1cccc(C(=O)Cc2ccc(CC)s2)c1. The van der Waals surface area contributed by atoms with Gasteiger partial charge >= 0.3 is 0 Å². The predicted molar refractivity (Wildman–Crippen MR) is 84.0 cm³/mol. The van der Waals surface area contributed by atoms with Crippen LogP contribution in [-0.2, 0) is 12.8 Å². The average molecular weight is 288 g/mol. The molecule has 0 N–H and O–H groups in total. The van der Waals surface area contributed by atoms with E-state index in [9.17, 15) is 4.79 Å². The molecule has 3 heteroatoms. The summed E-state index contributed by atoms with van der Waals surface area (Å²) in [5.41, 5.74) is 0.727. The molecule has 1 aromatic carbocycles. The van der Waals surface area contributed by atoms with Gasteiger partial charge in [0, 0.05) is 21.7 Å². The van der Waals surface area contributed by atoms with E-state index in [1.165, 1.54) is 4.88 Å². The van der Waals surface area contributed by atoms with Gasteiger partial charge in [0.05, 0.1) is 6.61 Å². The van der Waals surface area contributed by atoms with Crippen LogP contribution in [0.25, 0.3) is 0 Å². The zero-order valence-electron chi connectivity index (χ0n) is 12.0. The second kappa shape index (κ2) is 7.25. The minimum absolute atomic E-state index is 0.149. The first kappa shape index (κ1) is 14.8. The number of benzene rings is 1. The second-order valence-electron chi connectivity index (χ2n) is 4.70. The van der Waals surface area contributed by atoms with Gasteiger partial charge in [-0.1, -0.05) is 26.0 Å². The second-order valence-corrected chi connectivity index (χ2v) is 5.95. The van der Waals surface area contributed by atoms with Crippen LogP contribution in [0, 0.1) is 0 Å². The van der Waals surface area contributed by atoms with Crippen molar-refractivity contribution < 1.29 is 9.53 Å². The molecule has 0 spiro atoms. The number of thiophene rings is 1. The number of hydrogen-bond acceptors (Lipinski definition) is 3. The average Bonchev–Trinajstić information content (AvgIpc) is 2.93. The summed E-state index contributed by atoms with van der Waals surface area (Å²) in [4.78, 5) is 14.7. The summed E-state index contributed by atoms with van der Waals surface area (Å²) in [5, 5.41) is 0. The van der Waals surface area contributed by atoms with Crippen LogP contribution in [0.4, 0.5) is 0 Å². The van der Waals surface area contributed by atoms with Crippen molar-refractivity contribution in [2.24, 2.45) is 0 Å². The first-order chi connectivity index (χ1) is 9.72. The number of carbonyl (C=O) groups is 1. The van der Waals surface area contributed by atoms with Crippen molar-refractivity contribution in [3.63, 3.8) is 0 Å². The molecule has 1 aromatic heterocycles. The molecule has 0 saturated heterocycles. The maximum atomic E-state index is 12.3. The smallest absolute Gasteiger partial charge is 0.168 e. The van der Waals surface area contributed by atoms with Crippen molar-refractivity contribution in [2.75, 3.05) is 6.61 Å². The van der Waals surface area contributed by atoms with Gasteiger partial charge in [0.25, 0.3) is 0 Å². The molecule has 0 aliphatic heterocycles. The van der Waals surface area contributed by atoms with Crippen molar-refractivity contribution >= 4 is 17.1 Å². The van der Waals surface area contributed by atoms with Gasteiger partial charge in [-0.25, -0.2) is 0 Å². The number of aryl methyl sites for hydroxylation is 1. The fourth-order valence-electron chi connectivity index (χ4n) is 1.95. The highest BCUT2D eigenvalue weighted by Crippen LogP contribution is 2.20. The van der Waals surface area contributed by atoms with Crippen molar-refractivity contribution in [2.45, 2.75) is 33.1 Å². The molecule has 106 valence electrons. The third kappa shape index (κ3) is 3.94. The van der Waals surface area contributed by atoms with Gasteiger partial charge in [-0.15, -0.1) is 11.3 Å². The fraction of sp³-hybridized carbons (Fsp3) is 0.353. The Morgan fingerprint density at radius 1 is 1.15 bits per heavy atom. The zero-order valence-corrected chi connectivity index (χ0v) is 12.8. The molecule has 0 unspecified atom stereocenters. The first-order valence-corrected chi connectivity index (χ1v) is 7.88. The Balaban J connectivity index is 2.04. The summed E-state index contributed by atoms with van der Waals surface area (Å²) in [6.45, 7) is 4.88. The van der Waals surface area contributed by atoms with Gasteiger partial charge in [-0.2, -0.15) is 0 Å². The number of hydrogen-bond donors (Lipinski definition) is 0. The van der Waals surface area contributed by atoms with Gasteiger partial charge in [-0.05, 0) is 37.1 Å². The first-order valence-electron chi connectivity index (χ1n) is 7.06. The Bertz CT molecular complexity index is 572. The lowest BCUT2D eigenvalue weighted by Crippen LogP contribution is -2.03. The zero-order chi connectivity index (χ0) is 14.4. The molecular weight excluding hydrogens is 268 g/mol. The van der Waals surface area contributed by atoms with Crippen molar-refractivity contribution in [3.05, 3.63) is 51.7 Å². The van der Waals surface area contributed by atoms with Crippen LogP contribution in [0.3, 0.4) is 0 Å². The van der Waals surface area contributed by atoms with Crippen molar-refractivity contribution in [1.82, 2.24) is 0 Å². The summed E-state index contributed by atoms with van der Waals surface area (Å²) in [6.07, 6.45) is 2.47. The van der Waals surface area contributed by atoms with Crippen molar-refractivity contribution in [1.29, 1.82) is 0 Å². The lowest BCUT2D eigenvalue weighted by molar-refractivity contribution is 0.0993. The summed E-state index contributed by atoms with van der Waals surface area (Å²) in [7, 11) is 0. The number of rotatable bonds is 7. The Kier molecular flexibility index (Phi) is 5.36. The molecule has 0 aliphatic carbocycles. The van der Waals surface area contributed by atoms with Gasteiger partial charge in [0.15, 0.2) is 5.78 Å². The molecule has 0 aliphatic rings. The number of carbonyl (C=O) groups excluding carboxylic acids is 1. The van der Waals surface area contributed by atoms with E-state index in [4.69, 9.17) is 4.74 Å². The molecule has 20 heavy (non-hydrogen) atoms. The molecule has 1 heterocycles. The maximum Gasteiger partial charge on any atom is 0.168 e. The molecule has 2 nitrogen and oxygen atoms in total. The third-order valence-electron chi connectivity index (χ3n) is 3.03. The largest absolute Gasteiger partial charge is 0.494 e. The minimum Gasteiger partial charge on any atom is -0.494 e. The molecule has 0 atom stereocenters. The summed E-state index contributed by atoms with van der Waals surface area (Å²) in [6, 6.07) is 11.6. The van der Waals surface area contributed by atoms with Crippen LogP contribution in [0.15, 0.2) is 36.4 Å². The Hall–Kier alpha value is -1.61. The van der Waals surface area contributed by atoms with Gasteiger partial charge in [0.2, 0.25) is 0 Å². The monoisotopic (exact) mass is 288 g/mol. The minimum atomic E-state index is 0.149. The molecule has 0 saturated carbocycles. The molecular formula is C17H20O2S. The van der Waals surface area contributed by atoms with Gasteiger partial charge < -0.3 is 4.74 Å². The topological polar surface area (TPSA) is 26.3 Å². The van der Waals surface area contributed by atoms with E-state index in [0.29, 0.717) is 13.0 Å². The van der Waals surface area contributed by atoms with E-state index in [1.807, 2.05) is 24.3 Å². The van der Waals surface area contributed by atoms with E-state index in [0.717, 1.165) is 29.0 Å². The predicted octanol–water partition coefficient (Wildman–Crippen LogP) is 4.52. The molecule has 0 radical (unpaired) electrons. The highest BCUT2D eigenvalue weighted by molar-refractivity contribution is 7.12. The Morgan fingerprint density at radius 2 is 1.95 bits per heavy atom. The van der Waals surface area contributed by atoms with Gasteiger partial charge in [-0.3, -0.25) is 4.79 Å². The number of ketones is 1. The van der Waals surface area contributed by atoms with Crippen LogP contribution in [0.1, 0.15) is 40.4 Å². The third-order valence-corrected chi connectivity index (χ3v) is 4.26. The van der Waals surface area contributed by atoms with Crippen LogP contribution < -0.4 is 4.74 Å². The van der Waals surface area contributed by atoms with E-state index < -0.39 is 0 Å². The quantitative estimate of drug-likeness (QED) is 0.700. The molecule has 0 amide bonds. The van der Waals surface area contributed by atoms with Gasteiger partial charge in [0.1, 0.15) is 5.75 Å². The summed E-state index contributed by atoms with van der Waals surface area (Å²) in [5.74, 6) is 0.926. The number of Topliss-reactive ketones (excluding diaryl/α,β-unsaturated/α-hetero) is 1. The van der Waals surface area contributed by atoms with Crippen LogP contribution in [-0.4, -0.2) is 12.4 Å². The molecule has 0 bridgehead atoms. The summed E-state index contributed by atoms with van der Waals surface area (Å²) >= 11 is 1.72. The molecule has 2 aromatic rings. The van der Waals surface area contributed by atoms with Crippen LogP contribution in [0.2, 0.25) is 0 Å². The van der Waals surface area contributed by atoms with Crippen LogP contribution in [0.5, 0.6) is 5.75 Å². The Labute approximate surface area is 124 Å². The number of ether oxygens (including phenoxy) is 1. The van der Waals surface area contributed by atoms with Crippen molar-refractivity contribution in [3.8, 4) is 5.75 Å². The van der Waals surface area contributed by atoms with E-state index in [1.54, 1.807) is 11.3 Å². The highest BCUT2D eigenvalue weighted by atomic mass is 32.1. The van der Waals surface area contributed by atoms with E-state index in [2.05, 4.69) is 26.0 Å². The van der Waals surface area contributed by atoms with Crippen LogP contribution >= 0.6 is 11.3 Å². The van der Waals surface area contributed by atoms with E-state index in [-0.39, 0.29) is 5.78 Å². The highest BCUT2D eigenvalue weighted by Gasteiger charge is 2.10. The Morgan fingerprint density at radius 3 is 2.65 bits per heavy atom. The normalized spacial score (nSPS) is 10.5. The lowest BCUT2D eigenvalue weighted by Gasteiger charge is -2.06. The standard InChI is InChI=1S/C17H20O2S/c1-3-10-19-14-7-5-6-13(11-14)17(18)12-16-9-8-15(4-2)20-16/h5-9,11H,3-4,10,12H2,1-2H3. The maximum absolute atomic E-state index is 12.3. The van der Waals surface area contributed by atoms with E-state index >= 15 is 0 Å². The molecule has 2 rings (SSSR count). The fourth-order valence-corrected chi connectivity index (χ4v) is 2.90. The molecule has 0 fully saturated rings. The summed E-state index contributed by atoms with van der Waals surface area (Å²) < 4.78 is 5.57.